The monoisotopic (exact) mass is 474 g/mol. The van der Waals surface area contributed by atoms with Crippen LogP contribution in [-0.4, -0.2) is 31.6 Å². The molecule has 1 atom stereocenters. The minimum atomic E-state index is 0. The third-order valence-corrected chi connectivity index (χ3v) is 4.79. The van der Waals surface area contributed by atoms with Gasteiger partial charge in [-0.1, -0.05) is 19.1 Å². The molecule has 0 fully saturated rings. The second-order valence-corrected chi connectivity index (χ2v) is 6.98. The first-order valence-corrected chi connectivity index (χ1v) is 8.93. The van der Waals surface area contributed by atoms with Crippen LogP contribution >= 0.6 is 35.3 Å². The van der Waals surface area contributed by atoms with Crippen LogP contribution in [0.3, 0.4) is 0 Å². The molecule has 1 unspecified atom stereocenters. The molecule has 2 aromatic rings. The summed E-state index contributed by atoms with van der Waals surface area (Å²) in [5, 5.41) is 7.77. The Balaban J connectivity index is 0.00000312. The van der Waals surface area contributed by atoms with Crippen LogP contribution in [0.25, 0.3) is 0 Å². The Morgan fingerprint density at radius 1 is 1.28 bits per heavy atom. The van der Waals surface area contributed by atoms with Gasteiger partial charge in [0.1, 0.15) is 5.75 Å². The van der Waals surface area contributed by atoms with Crippen LogP contribution in [0, 0.1) is 6.92 Å². The number of thiazole rings is 1. The fourth-order valence-electron chi connectivity index (χ4n) is 2.38. The maximum atomic E-state index is 5.20. The maximum Gasteiger partial charge on any atom is 0.191 e. The molecule has 0 amide bonds. The minimum absolute atomic E-state index is 0. The van der Waals surface area contributed by atoms with E-state index in [-0.39, 0.29) is 24.0 Å². The zero-order chi connectivity index (χ0) is 17.4. The van der Waals surface area contributed by atoms with Crippen LogP contribution in [0.5, 0.6) is 5.75 Å². The lowest BCUT2D eigenvalue weighted by atomic mass is 9.98. The highest BCUT2D eigenvalue weighted by molar-refractivity contribution is 14.0. The molecular formula is C18H27IN4OS. The van der Waals surface area contributed by atoms with Gasteiger partial charge < -0.3 is 15.4 Å². The SMILES string of the molecule is CN=C(NCCC(C)c1ccc(OC)cc1)NCc1cnc(C)s1.I. The fourth-order valence-corrected chi connectivity index (χ4v) is 3.12. The predicted octanol–water partition coefficient (Wildman–Crippen LogP) is 3.94. The average Bonchev–Trinajstić information content (AvgIpc) is 3.03. The van der Waals surface area contributed by atoms with Gasteiger partial charge in [0, 0.05) is 24.7 Å². The highest BCUT2D eigenvalue weighted by Crippen LogP contribution is 2.21. The first-order chi connectivity index (χ1) is 11.6. The maximum absolute atomic E-state index is 5.20. The van der Waals surface area contributed by atoms with Gasteiger partial charge in [-0.15, -0.1) is 35.3 Å². The second kappa shape index (κ2) is 11.3. The van der Waals surface area contributed by atoms with Gasteiger partial charge >= 0.3 is 0 Å². The highest BCUT2D eigenvalue weighted by atomic mass is 127. The number of aryl methyl sites for hydroxylation is 1. The number of nitrogens with zero attached hydrogens (tertiary/aromatic N) is 2. The van der Waals surface area contributed by atoms with Gasteiger partial charge in [0.25, 0.3) is 0 Å². The molecule has 1 heterocycles. The van der Waals surface area contributed by atoms with E-state index in [4.69, 9.17) is 4.74 Å². The van der Waals surface area contributed by atoms with Gasteiger partial charge in [0.2, 0.25) is 0 Å². The van der Waals surface area contributed by atoms with E-state index in [0.717, 1.165) is 36.2 Å². The molecule has 0 saturated carbocycles. The molecule has 1 aromatic heterocycles. The van der Waals surface area contributed by atoms with Crippen molar-refractivity contribution in [2.45, 2.75) is 32.7 Å². The number of hydrogen-bond donors (Lipinski definition) is 2. The van der Waals surface area contributed by atoms with Gasteiger partial charge in [-0.3, -0.25) is 4.99 Å². The molecule has 0 saturated heterocycles. The normalized spacial score (nSPS) is 12.2. The van der Waals surface area contributed by atoms with Crippen molar-refractivity contribution >= 4 is 41.3 Å². The molecule has 2 rings (SSSR count). The first kappa shape index (κ1) is 21.7. The number of aliphatic imine (C=N–C) groups is 1. The molecule has 7 heteroatoms. The molecule has 0 aliphatic carbocycles. The summed E-state index contributed by atoms with van der Waals surface area (Å²) in [7, 11) is 3.48. The number of hydrogen-bond acceptors (Lipinski definition) is 4. The fraction of sp³-hybridized carbons (Fsp3) is 0.444. The van der Waals surface area contributed by atoms with E-state index in [0.29, 0.717) is 5.92 Å². The van der Waals surface area contributed by atoms with Crippen molar-refractivity contribution in [1.29, 1.82) is 0 Å². The average molecular weight is 474 g/mol. The van der Waals surface area contributed by atoms with Crippen LogP contribution < -0.4 is 15.4 Å². The van der Waals surface area contributed by atoms with Crippen molar-refractivity contribution in [3.05, 3.63) is 45.9 Å². The number of guanidine groups is 1. The first-order valence-electron chi connectivity index (χ1n) is 8.12. The largest absolute Gasteiger partial charge is 0.497 e. The van der Waals surface area contributed by atoms with Crippen molar-refractivity contribution in [1.82, 2.24) is 15.6 Å². The van der Waals surface area contributed by atoms with Gasteiger partial charge in [0.05, 0.1) is 18.7 Å². The molecule has 0 radical (unpaired) electrons. The Morgan fingerprint density at radius 2 is 2.00 bits per heavy atom. The van der Waals surface area contributed by atoms with E-state index in [9.17, 15) is 0 Å². The number of ether oxygens (including phenoxy) is 1. The van der Waals surface area contributed by atoms with Crippen molar-refractivity contribution in [2.75, 3.05) is 20.7 Å². The van der Waals surface area contributed by atoms with E-state index in [1.165, 1.54) is 10.4 Å². The van der Waals surface area contributed by atoms with Crippen molar-refractivity contribution < 1.29 is 4.74 Å². The highest BCUT2D eigenvalue weighted by Gasteiger charge is 2.07. The predicted molar refractivity (Wildman–Crippen MR) is 116 cm³/mol. The van der Waals surface area contributed by atoms with E-state index >= 15 is 0 Å². The summed E-state index contributed by atoms with van der Waals surface area (Å²) in [4.78, 5) is 9.74. The molecule has 0 aliphatic rings. The smallest absolute Gasteiger partial charge is 0.191 e. The lowest BCUT2D eigenvalue weighted by molar-refractivity contribution is 0.414. The van der Waals surface area contributed by atoms with Gasteiger partial charge in [-0.2, -0.15) is 0 Å². The lowest BCUT2D eigenvalue weighted by Crippen LogP contribution is -2.37. The van der Waals surface area contributed by atoms with Gasteiger partial charge in [-0.05, 0) is 37.0 Å². The van der Waals surface area contributed by atoms with Crippen LogP contribution in [0.15, 0.2) is 35.5 Å². The van der Waals surface area contributed by atoms with E-state index in [1.54, 1.807) is 25.5 Å². The van der Waals surface area contributed by atoms with Crippen LogP contribution in [-0.2, 0) is 6.54 Å². The molecule has 0 aliphatic heterocycles. The number of aromatic nitrogens is 1. The molecule has 25 heavy (non-hydrogen) atoms. The van der Waals surface area contributed by atoms with Crippen LogP contribution in [0.1, 0.15) is 34.7 Å². The number of methoxy groups -OCH3 is 1. The summed E-state index contributed by atoms with van der Waals surface area (Å²) in [5.74, 6) is 2.20. The van der Waals surface area contributed by atoms with Crippen LogP contribution in [0.4, 0.5) is 0 Å². The number of rotatable bonds is 7. The molecule has 2 N–H and O–H groups in total. The number of halogens is 1. The molecular weight excluding hydrogens is 447 g/mol. The summed E-state index contributed by atoms with van der Waals surface area (Å²) in [5.41, 5.74) is 1.32. The van der Waals surface area contributed by atoms with E-state index in [1.807, 2.05) is 25.3 Å². The summed E-state index contributed by atoms with van der Waals surface area (Å²) in [6.07, 6.45) is 2.94. The topological polar surface area (TPSA) is 58.5 Å². The molecule has 5 nitrogen and oxygen atoms in total. The van der Waals surface area contributed by atoms with Gasteiger partial charge in [0.15, 0.2) is 5.96 Å². The standard InChI is InChI=1S/C18H26N4OS.HI/c1-13(15-5-7-16(23-4)8-6-15)9-10-20-18(19-3)22-12-17-11-21-14(2)24-17;/h5-8,11,13H,9-10,12H2,1-4H3,(H2,19,20,22);1H. The molecule has 138 valence electrons. The Bertz CT molecular complexity index is 657. The van der Waals surface area contributed by atoms with Gasteiger partial charge in [-0.25, -0.2) is 4.98 Å². The third kappa shape index (κ3) is 7.19. The van der Waals surface area contributed by atoms with Crippen molar-refractivity contribution in [2.24, 2.45) is 4.99 Å². The quantitative estimate of drug-likeness (QED) is 0.363. The summed E-state index contributed by atoms with van der Waals surface area (Å²) < 4.78 is 5.20. The van der Waals surface area contributed by atoms with E-state index in [2.05, 4.69) is 39.7 Å². The zero-order valence-corrected chi connectivity index (χ0v) is 18.4. The van der Waals surface area contributed by atoms with E-state index < -0.39 is 0 Å². The summed E-state index contributed by atoms with van der Waals surface area (Å²) in [6, 6.07) is 8.28. The van der Waals surface area contributed by atoms with Crippen molar-refractivity contribution in [3.8, 4) is 5.75 Å². The second-order valence-electron chi connectivity index (χ2n) is 5.66. The molecule has 0 spiro atoms. The Labute approximate surface area is 171 Å². The lowest BCUT2D eigenvalue weighted by Gasteiger charge is -2.15. The molecule has 0 bridgehead atoms. The summed E-state index contributed by atoms with van der Waals surface area (Å²) >= 11 is 1.70. The molecule has 1 aromatic carbocycles. The summed E-state index contributed by atoms with van der Waals surface area (Å²) in [6.45, 7) is 5.87. The van der Waals surface area contributed by atoms with Crippen molar-refractivity contribution in [3.63, 3.8) is 0 Å². The minimum Gasteiger partial charge on any atom is -0.497 e. The Hall–Kier alpha value is -1.35. The Kier molecular flexibility index (Phi) is 9.81. The van der Waals surface area contributed by atoms with Crippen LogP contribution in [0.2, 0.25) is 0 Å². The number of benzene rings is 1. The zero-order valence-electron chi connectivity index (χ0n) is 15.2. The third-order valence-electron chi connectivity index (χ3n) is 3.88. The number of nitrogens with one attached hydrogen (secondary N) is 2. The Morgan fingerprint density at radius 3 is 2.56 bits per heavy atom.